The molecule has 0 amide bonds. The minimum Gasteiger partial charge on any atom is -0.477 e. The van der Waals surface area contributed by atoms with E-state index in [9.17, 15) is 9.90 Å². The van der Waals surface area contributed by atoms with Gasteiger partial charge < -0.3 is 19.4 Å². The van der Waals surface area contributed by atoms with Crippen molar-refractivity contribution in [3.8, 4) is 5.88 Å². The Morgan fingerprint density at radius 3 is 2.78 bits per heavy atom. The van der Waals surface area contributed by atoms with Crippen LogP contribution in [0.5, 0.6) is 5.88 Å². The number of hydrogen-bond acceptors (Lipinski definition) is 7. The molecule has 7 heteroatoms. The van der Waals surface area contributed by atoms with Gasteiger partial charge in [0.1, 0.15) is 26.7 Å². The summed E-state index contributed by atoms with van der Waals surface area (Å²) in [5.74, 6) is 1.56. The molecule has 1 aliphatic rings. The van der Waals surface area contributed by atoms with Gasteiger partial charge in [0.15, 0.2) is 0 Å². The topological polar surface area (TPSA) is 81.5 Å². The van der Waals surface area contributed by atoms with Crippen molar-refractivity contribution in [1.82, 2.24) is 9.97 Å². The fraction of sp³-hybridized carbons (Fsp3) is 0.650. The predicted molar refractivity (Wildman–Crippen MR) is 105 cm³/mol. The van der Waals surface area contributed by atoms with Crippen molar-refractivity contribution >= 4 is 27.5 Å². The van der Waals surface area contributed by atoms with Gasteiger partial charge in [-0.05, 0) is 51.5 Å². The summed E-state index contributed by atoms with van der Waals surface area (Å²) in [6, 6.07) is 3.71. The molecule has 0 aliphatic heterocycles. The summed E-state index contributed by atoms with van der Waals surface area (Å²) in [4.78, 5) is 20.8. The zero-order valence-corrected chi connectivity index (χ0v) is 17.2. The Morgan fingerprint density at radius 1 is 1.37 bits per heavy atom. The first-order valence-electron chi connectivity index (χ1n) is 9.45. The molecular formula is C20H28N2O4S. The number of Topliss-reactive ketones (excluding diaryl/α,β-unsaturated/α-hetero) is 1. The van der Waals surface area contributed by atoms with Crippen molar-refractivity contribution in [2.24, 2.45) is 11.8 Å². The Hall–Kier alpha value is -1.57. The molecule has 2 aromatic rings. The van der Waals surface area contributed by atoms with Gasteiger partial charge in [0.05, 0.1) is 12.7 Å². The fourth-order valence-corrected chi connectivity index (χ4v) is 4.07. The number of thiazole rings is 1. The quantitative estimate of drug-likeness (QED) is 0.701. The molecule has 1 aliphatic carbocycles. The van der Waals surface area contributed by atoms with Crippen molar-refractivity contribution in [2.75, 3.05) is 13.2 Å². The molecule has 0 unspecified atom stereocenters. The zero-order chi connectivity index (χ0) is 19.6. The molecular weight excluding hydrogens is 364 g/mol. The lowest BCUT2D eigenvalue weighted by atomic mass is 9.83. The van der Waals surface area contributed by atoms with E-state index in [0.29, 0.717) is 36.4 Å². The van der Waals surface area contributed by atoms with Crippen molar-refractivity contribution in [2.45, 2.75) is 58.7 Å². The monoisotopic (exact) mass is 392 g/mol. The van der Waals surface area contributed by atoms with Crippen LogP contribution in [0.2, 0.25) is 0 Å². The lowest BCUT2D eigenvalue weighted by Crippen LogP contribution is -2.36. The summed E-state index contributed by atoms with van der Waals surface area (Å²) in [7, 11) is 0. The molecule has 0 aromatic carbocycles. The first kappa shape index (κ1) is 20.2. The van der Waals surface area contributed by atoms with E-state index in [-0.39, 0.29) is 17.8 Å². The minimum absolute atomic E-state index is 0.214. The summed E-state index contributed by atoms with van der Waals surface area (Å²) in [5.41, 5.74) is -0.184. The average molecular weight is 393 g/mol. The van der Waals surface area contributed by atoms with Crippen LogP contribution < -0.4 is 4.74 Å². The van der Waals surface area contributed by atoms with E-state index < -0.39 is 5.60 Å². The number of hydrogen-bond donors (Lipinski definition) is 1. The second kappa shape index (κ2) is 8.20. The number of carbonyl (C=O) groups is 1. The number of aromatic nitrogens is 2. The third kappa shape index (κ3) is 5.46. The molecule has 27 heavy (non-hydrogen) atoms. The molecule has 1 atom stereocenters. The maximum Gasteiger partial charge on any atom is 0.214 e. The van der Waals surface area contributed by atoms with E-state index in [1.807, 2.05) is 19.1 Å². The molecule has 1 N–H and O–H groups in total. The van der Waals surface area contributed by atoms with Crippen LogP contribution in [0.1, 0.15) is 52.0 Å². The zero-order valence-electron chi connectivity index (χ0n) is 16.4. The Balaban J connectivity index is 1.43. The van der Waals surface area contributed by atoms with Gasteiger partial charge in [-0.3, -0.25) is 0 Å². The van der Waals surface area contributed by atoms with Gasteiger partial charge in [0.25, 0.3) is 0 Å². The summed E-state index contributed by atoms with van der Waals surface area (Å²) in [6.45, 7) is 8.38. The van der Waals surface area contributed by atoms with Crippen LogP contribution in [0, 0.1) is 11.8 Å². The molecule has 6 nitrogen and oxygen atoms in total. The molecule has 1 saturated carbocycles. The van der Waals surface area contributed by atoms with E-state index >= 15 is 0 Å². The average Bonchev–Trinajstić information content (AvgIpc) is 2.95. The molecule has 2 aromatic heterocycles. The summed E-state index contributed by atoms with van der Waals surface area (Å²) in [5, 5.41) is 10.7. The van der Waals surface area contributed by atoms with Crippen LogP contribution in [-0.2, 0) is 15.1 Å². The van der Waals surface area contributed by atoms with Gasteiger partial charge in [-0.15, -0.1) is 0 Å². The Morgan fingerprint density at radius 2 is 2.11 bits per heavy atom. The van der Waals surface area contributed by atoms with E-state index in [1.54, 1.807) is 20.8 Å². The number of aliphatic hydroxyl groups is 1. The number of pyridine rings is 1. The lowest BCUT2D eigenvalue weighted by molar-refractivity contribution is -0.119. The Labute approximate surface area is 163 Å². The Kier molecular flexibility index (Phi) is 6.13. The molecule has 0 saturated heterocycles. The van der Waals surface area contributed by atoms with Crippen LogP contribution in [0.3, 0.4) is 0 Å². The SMILES string of the molecule is CC(=O)C[C@@H](C)COC1CC(COc2ccc3nc(C(C)(C)O)sc3n2)C1. The number of rotatable bonds is 9. The minimum atomic E-state index is -0.963. The first-order chi connectivity index (χ1) is 12.7. The summed E-state index contributed by atoms with van der Waals surface area (Å²) >= 11 is 1.39. The molecule has 0 bridgehead atoms. The standard InChI is InChI=1S/C20H28N2O4S/c1-12(7-13(2)23)10-25-15-8-14(9-15)11-26-17-6-5-16-18(22-17)27-19(21-16)20(3,4)24/h5-6,12,14-15,24H,7-11H2,1-4H3/t12-,14?,15?/m1/s1. The van der Waals surface area contributed by atoms with Gasteiger partial charge in [-0.1, -0.05) is 18.3 Å². The second-order valence-electron chi connectivity index (χ2n) is 8.17. The number of fused-ring (bicyclic) bond motifs is 1. The van der Waals surface area contributed by atoms with Crippen molar-refractivity contribution in [1.29, 1.82) is 0 Å². The molecule has 148 valence electrons. The van der Waals surface area contributed by atoms with E-state index in [1.165, 1.54) is 11.3 Å². The van der Waals surface area contributed by atoms with Crippen molar-refractivity contribution < 1.29 is 19.4 Å². The largest absolute Gasteiger partial charge is 0.477 e. The highest BCUT2D eigenvalue weighted by Crippen LogP contribution is 2.32. The van der Waals surface area contributed by atoms with E-state index in [4.69, 9.17) is 9.47 Å². The van der Waals surface area contributed by atoms with Crippen LogP contribution in [0.4, 0.5) is 0 Å². The fourth-order valence-electron chi connectivity index (χ4n) is 3.14. The Bertz CT molecular complexity index is 793. The normalized spacial score (nSPS) is 21.1. The van der Waals surface area contributed by atoms with E-state index in [0.717, 1.165) is 23.2 Å². The van der Waals surface area contributed by atoms with Gasteiger partial charge in [-0.2, -0.15) is 0 Å². The summed E-state index contributed by atoms with van der Waals surface area (Å²) in [6.07, 6.45) is 2.83. The number of carbonyl (C=O) groups excluding carboxylic acids is 1. The maximum atomic E-state index is 11.1. The van der Waals surface area contributed by atoms with Gasteiger partial charge in [0.2, 0.25) is 5.88 Å². The van der Waals surface area contributed by atoms with Gasteiger partial charge >= 0.3 is 0 Å². The number of ether oxygens (including phenoxy) is 2. The highest BCUT2D eigenvalue weighted by Gasteiger charge is 2.31. The predicted octanol–water partition coefficient (Wildman–Crippen LogP) is 3.71. The molecule has 3 rings (SSSR count). The molecule has 2 heterocycles. The second-order valence-corrected chi connectivity index (χ2v) is 9.14. The van der Waals surface area contributed by atoms with Crippen molar-refractivity contribution in [3.05, 3.63) is 17.1 Å². The third-order valence-corrected chi connectivity index (χ3v) is 5.94. The maximum absolute atomic E-state index is 11.1. The van der Waals surface area contributed by atoms with E-state index in [2.05, 4.69) is 9.97 Å². The highest BCUT2D eigenvalue weighted by atomic mass is 32.1. The van der Waals surface area contributed by atoms with Crippen LogP contribution in [-0.4, -0.2) is 40.2 Å². The van der Waals surface area contributed by atoms with Crippen molar-refractivity contribution in [3.63, 3.8) is 0 Å². The highest BCUT2D eigenvalue weighted by molar-refractivity contribution is 7.18. The molecule has 0 radical (unpaired) electrons. The number of nitrogens with zero attached hydrogens (tertiary/aromatic N) is 2. The first-order valence-corrected chi connectivity index (χ1v) is 10.3. The van der Waals surface area contributed by atoms with Gasteiger partial charge in [-0.25, -0.2) is 9.97 Å². The number of ketones is 1. The summed E-state index contributed by atoms with van der Waals surface area (Å²) < 4.78 is 11.7. The lowest BCUT2D eigenvalue weighted by Gasteiger charge is -2.35. The van der Waals surface area contributed by atoms with Crippen LogP contribution in [0.25, 0.3) is 10.3 Å². The van der Waals surface area contributed by atoms with Crippen LogP contribution >= 0.6 is 11.3 Å². The smallest absolute Gasteiger partial charge is 0.214 e. The molecule has 1 fully saturated rings. The third-order valence-electron chi connectivity index (χ3n) is 4.67. The molecule has 0 spiro atoms. The van der Waals surface area contributed by atoms with Gasteiger partial charge in [0, 0.05) is 19.1 Å². The van der Waals surface area contributed by atoms with Crippen LogP contribution in [0.15, 0.2) is 12.1 Å².